The Hall–Kier alpha value is -1.97. The summed E-state index contributed by atoms with van der Waals surface area (Å²) in [6.07, 6.45) is 0.181. The number of nitrogens with zero attached hydrogens (tertiary/aromatic N) is 1. The van der Waals surface area contributed by atoms with Gasteiger partial charge in [0.25, 0.3) is 0 Å². The third kappa shape index (κ3) is 3.92. The molecule has 0 amide bonds. The second kappa shape index (κ2) is 6.88. The quantitative estimate of drug-likeness (QED) is 0.682. The van der Waals surface area contributed by atoms with Crippen molar-refractivity contribution in [3.63, 3.8) is 0 Å². The van der Waals surface area contributed by atoms with E-state index in [-0.39, 0.29) is 22.9 Å². The fraction of sp³-hybridized carbons (Fsp3) is 0.467. The lowest BCUT2D eigenvalue weighted by atomic mass is 10.2. The Balaban J connectivity index is 2.14. The van der Waals surface area contributed by atoms with Gasteiger partial charge in [-0.2, -0.15) is 0 Å². The van der Waals surface area contributed by atoms with Crippen molar-refractivity contribution >= 4 is 22.0 Å². The van der Waals surface area contributed by atoms with Crippen LogP contribution in [0.3, 0.4) is 0 Å². The molecular weight excluding hydrogens is 336 g/mol. The summed E-state index contributed by atoms with van der Waals surface area (Å²) in [5.41, 5.74) is -0.00765. The fourth-order valence-electron chi connectivity index (χ4n) is 2.82. The third-order valence-corrected chi connectivity index (χ3v) is 5.56. The molecule has 1 aromatic carbocycles. The van der Waals surface area contributed by atoms with Gasteiger partial charge < -0.3 is 10.2 Å². The molecule has 0 bridgehead atoms. The minimum Gasteiger partial charge on any atom is -0.480 e. The zero-order chi connectivity index (χ0) is 18.1. The molecule has 0 spiro atoms. The first kappa shape index (κ1) is 18.4. The molecule has 0 radical (unpaired) electrons. The number of rotatable bonds is 6. The molecule has 24 heavy (non-hydrogen) atoms. The van der Waals surface area contributed by atoms with Crippen LogP contribution < -0.4 is 4.72 Å². The zero-order valence-corrected chi connectivity index (χ0v) is 14.2. The summed E-state index contributed by atoms with van der Waals surface area (Å²) in [4.78, 5) is 23.8. The minimum atomic E-state index is -3.85. The van der Waals surface area contributed by atoms with Crippen LogP contribution in [0, 0.1) is 0 Å². The summed E-state index contributed by atoms with van der Waals surface area (Å²) in [5.74, 6) is -2.12. The van der Waals surface area contributed by atoms with Crippen LogP contribution in [0.15, 0.2) is 29.2 Å². The molecule has 0 aromatic heterocycles. The maximum atomic E-state index is 12.4. The van der Waals surface area contributed by atoms with Gasteiger partial charge in [0.2, 0.25) is 10.0 Å². The van der Waals surface area contributed by atoms with Gasteiger partial charge in [-0.3, -0.25) is 9.69 Å². The fourth-order valence-corrected chi connectivity index (χ4v) is 4.06. The average molecular weight is 356 g/mol. The van der Waals surface area contributed by atoms with E-state index in [1.54, 1.807) is 4.90 Å². The molecule has 1 heterocycles. The third-order valence-electron chi connectivity index (χ3n) is 4.02. The Bertz CT molecular complexity index is 729. The highest BCUT2D eigenvalue weighted by atomic mass is 32.2. The molecule has 2 rings (SSSR count). The van der Waals surface area contributed by atoms with E-state index in [1.165, 1.54) is 24.3 Å². The van der Waals surface area contributed by atoms with Crippen LogP contribution in [0.1, 0.15) is 30.6 Å². The minimum absolute atomic E-state index is 0.00765. The summed E-state index contributed by atoms with van der Waals surface area (Å²) in [7, 11) is -3.85. The van der Waals surface area contributed by atoms with Gasteiger partial charge >= 0.3 is 11.9 Å². The Labute approximate surface area is 140 Å². The molecular formula is C15H20N2O6S. The van der Waals surface area contributed by atoms with E-state index < -0.39 is 34.0 Å². The largest absolute Gasteiger partial charge is 0.480 e. The first-order chi connectivity index (χ1) is 11.1. The van der Waals surface area contributed by atoms with Crippen LogP contribution in [0.5, 0.6) is 0 Å². The van der Waals surface area contributed by atoms with Crippen LogP contribution in [0.2, 0.25) is 0 Å². The van der Waals surface area contributed by atoms with E-state index in [2.05, 4.69) is 4.72 Å². The summed E-state index contributed by atoms with van der Waals surface area (Å²) >= 11 is 0. The number of carboxylic acid groups (broad SMARTS) is 2. The molecule has 1 fully saturated rings. The highest BCUT2D eigenvalue weighted by Crippen LogP contribution is 2.22. The number of likely N-dealkylation sites (tertiary alicyclic amines) is 1. The molecule has 3 N–H and O–H groups in total. The summed E-state index contributed by atoms with van der Waals surface area (Å²) in [6.45, 7) is 4.02. The first-order valence-electron chi connectivity index (χ1n) is 7.46. The van der Waals surface area contributed by atoms with Crippen LogP contribution in [-0.2, 0) is 14.8 Å². The molecule has 132 valence electrons. The number of hydrogen-bond donors (Lipinski definition) is 3. The molecule has 8 nitrogen and oxygen atoms in total. The summed E-state index contributed by atoms with van der Waals surface area (Å²) in [6, 6.07) is 3.60. The van der Waals surface area contributed by atoms with Gasteiger partial charge in [0.1, 0.15) is 6.04 Å². The van der Waals surface area contributed by atoms with Crippen molar-refractivity contribution in [2.24, 2.45) is 0 Å². The molecule has 1 aliphatic rings. The van der Waals surface area contributed by atoms with Crippen LogP contribution in [-0.4, -0.2) is 60.1 Å². The number of hydrogen-bond acceptors (Lipinski definition) is 5. The molecule has 9 heteroatoms. The molecule has 0 unspecified atom stereocenters. The highest BCUT2D eigenvalue weighted by molar-refractivity contribution is 7.89. The lowest BCUT2D eigenvalue weighted by Gasteiger charge is -2.25. The number of nitrogens with one attached hydrogen (secondary N) is 1. The standard InChI is InChI=1S/C15H20N2O6S/c1-9(2)17-8-11(7-13(17)15(20)21)16-24(22,23)12-5-3-10(4-6-12)14(18)19/h3-6,9,11,13,16H,7-8H2,1-2H3,(H,18,19)(H,20,21)/t11-,13+/m1/s1. The maximum Gasteiger partial charge on any atom is 0.335 e. The molecule has 0 saturated carbocycles. The predicted molar refractivity (Wildman–Crippen MR) is 85.4 cm³/mol. The van der Waals surface area contributed by atoms with Crippen LogP contribution in [0.4, 0.5) is 0 Å². The van der Waals surface area contributed by atoms with Gasteiger partial charge in [0.05, 0.1) is 10.5 Å². The second-order valence-corrected chi connectivity index (χ2v) is 7.74. The van der Waals surface area contributed by atoms with Gasteiger partial charge in [-0.05, 0) is 44.5 Å². The predicted octanol–water partition coefficient (Wildman–Crippen LogP) is 0.599. The van der Waals surface area contributed by atoms with Crippen molar-refractivity contribution in [1.82, 2.24) is 9.62 Å². The molecule has 2 atom stereocenters. The summed E-state index contributed by atoms with van der Waals surface area (Å²) in [5, 5.41) is 18.1. The lowest BCUT2D eigenvalue weighted by molar-refractivity contribution is -0.142. The van der Waals surface area contributed by atoms with Crippen molar-refractivity contribution in [1.29, 1.82) is 0 Å². The topological polar surface area (TPSA) is 124 Å². The van der Waals surface area contributed by atoms with E-state index in [1.807, 2.05) is 13.8 Å². The van der Waals surface area contributed by atoms with Gasteiger partial charge in [-0.1, -0.05) is 0 Å². The Morgan fingerprint density at radius 2 is 1.79 bits per heavy atom. The molecule has 1 aliphatic heterocycles. The molecule has 0 aliphatic carbocycles. The first-order valence-corrected chi connectivity index (χ1v) is 8.94. The van der Waals surface area contributed by atoms with Crippen LogP contribution in [0.25, 0.3) is 0 Å². The van der Waals surface area contributed by atoms with Crippen molar-refractivity contribution in [2.75, 3.05) is 6.54 Å². The average Bonchev–Trinajstić information content (AvgIpc) is 2.91. The summed E-state index contributed by atoms with van der Waals surface area (Å²) < 4.78 is 27.3. The monoisotopic (exact) mass is 356 g/mol. The SMILES string of the molecule is CC(C)N1C[C@H](NS(=O)(=O)c2ccc(C(=O)O)cc2)C[C@H]1C(=O)O. The van der Waals surface area contributed by atoms with Crippen molar-refractivity contribution in [3.05, 3.63) is 29.8 Å². The maximum absolute atomic E-state index is 12.4. The number of benzene rings is 1. The Kier molecular flexibility index (Phi) is 5.26. The molecule has 1 aromatic rings. The van der Waals surface area contributed by atoms with E-state index >= 15 is 0 Å². The normalized spacial score (nSPS) is 22.0. The second-order valence-electron chi connectivity index (χ2n) is 6.03. The number of carbonyl (C=O) groups is 2. The van der Waals surface area contributed by atoms with E-state index in [4.69, 9.17) is 5.11 Å². The number of carboxylic acids is 2. The smallest absolute Gasteiger partial charge is 0.335 e. The Morgan fingerprint density at radius 3 is 2.21 bits per heavy atom. The van der Waals surface area contributed by atoms with E-state index in [0.717, 1.165) is 0 Å². The van der Waals surface area contributed by atoms with Crippen LogP contribution >= 0.6 is 0 Å². The van der Waals surface area contributed by atoms with Gasteiger partial charge in [0, 0.05) is 18.6 Å². The molecule has 1 saturated heterocycles. The van der Waals surface area contributed by atoms with E-state index in [9.17, 15) is 23.1 Å². The highest BCUT2D eigenvalue weighted by Gasteiger charge is 2.39. The van der Waals surface area contributed by atoms with Crippen molar-refractivity contribution in [2.45, 2.75) is 43.3 Å². The lowest BCUT2D eigenvalue weighted by Crippen LogP contribution is -2.41. The van der Waals surface area contributed by atoms with Gasteiger partial charge in [0.15, 0.2) is 0 Å². The van der Waals surface area contributed by atoms with Crippen molar-refractivity contribution < 1.29 is 28.2 Å². The van der Waals surface area contributed by atoms with E-state index in [0.29, 0.717) is 6.54 Å². The van der Waals surface area contributed by atoms with Crippen molar-refractivity contribution in [3.8, 4) is 0 Å². The number of aliphatic carboxylic acids is 1. The number of sulfonamides is 1. The number of aromatic carboxylic acids is 1. The Morgan fingerprint density at radius 1 is 1.21 bits per heavy atom. The zero-order valence-electron chi connectivity index (χ0n) is 13.3. The van der Waals surface area contributed by atoms with Gasteiger partial charge in [-0.15, -0.1) is 0 Å². The van der Waals surface area contributed by atoms with Gasteiger partial charge in [-0.25, -0.2) is 17.9 Å².